The topological polar surface area (TPSA) is 52.9 Å². The van der Waals surface area contributed by atoms with Crippen molar-refractivity contribution in [2.24, 2.45) is 0 Å². The molecule has 0 saturated carbocycles. The van der Waals surface area contributed by atoms with Crippen LogP contribution >= 0.6 is 23.4 Å². The molecule has 5 heteroatoms. The monoisotopic (exact) mass is 330 g/mol. The van der Waals surface area contributed by atoms with Gasteiger partial charge < -0.3 is 5.32 Å². The van der Waals surface area contributed by atoms with Gasteiger partial charge in [-0.25, -0.2) is 0 Å². The van der Waals surface area contributed by atoms with Crippen molar-refractivity contribution < 1.29 is 4.79 Å². The first-order valence-electron chi connectivity index (χ1n) is 6.74. The fourth-order valence-corrected chi connectivity index (χ4v) is 3.04. The number of nitrogens with one attached hydrogen (secondary N) is 1. The summed E-state index contributed by atoms with van der Waals surface area (Å²) in [5, 5.41) is 11.8. The lowest BCUT2D eigenvalue weighted by molar-refractivity contribution is -0.115. The first-order valence-corrected chi connectivity index (χ1v) is 8.00. The molecule has 3 nitrogen and oxygen atoms in total. The highest BCUT2D eigenvalue weighted by Gasteiger charge is 2.16. The third-order valence-electron chi connectivity index (χ3n) is 3.12. The molecule has 1 amide bonds. The van der Waals surface area contributed by atoms with Gasteiger partial charge in [0, 0.05) is 10.6 Å². The summed E-state index contributed by atoms with van der Waals surface area (Å²) in [6, 6.07) is 14.8. The smallest absolute Gasteiger partial charge is 0.237 e. The van der Waals surface area contributed by atoms with E-state index in [1.807, 2.05) is 44.2 Å². The largest absolute Gasteiger partial charge is 0.325 e. The molecule has 0 aliphatic carbocycles. The van der Waals surface area contributed by atoms with Crippen molar-refractivity contribution >= 4 is 35.0 Å². The molecule has 0 radical (unpaired) electrons. The molecule has 1 unspecified atom stereocenters. The number of thioether (sulfide) groups is 1. The van der Waals surface area contributed by atoms with Crippen molar-refractivity contribution in [2.75, 3.05) is 5.32 Å². The Hall–Kier alpha value is -1.96. The summed E-state index contributed by atoms with van der Waals surface area (Å²) in [7, 11) is 0. The van der Waals surface area contributed by atoms with Crippen LogP contribution in [0.3, 0.4) is 0 Å². The van der Waals surface area contributed by atoms with Crippen LogP contribution in [0.25, 0.3) is 0 Å². The van der Waals surface area contributed by atoms with Crippen LogP contribution in [0.15, 0.2) is 47.4 Å². The van der Waals surface area contributed by atoms with Gasteiger partial charge in [0.25, 0.3) is 0 Å². The summed E-state index contributed by atoms with van der Waals surface area (Å²) >= 11 is 7.48. The lowest BCUT2D eigenvalue weighted by Crippen LogP contribution is -2.22. The van der Waals surface area contributed by atoms with Gasteiger partial charge in [0.1, 0.15) is 6.07 Å². The van der Waals surface area contributed by atoms with Gasteiger partial charge in [-0.2, -0.15) is 5.26 Å². The molecule has 22 heavy (non-hydrogen) atoms. The number of carbonyl (C=O) groups excluding carboxylic acids is 1. The molecule has 112 valence electrons. The number of nitrogens with zero attached hydrogens (tertiary/aromatic N) is 1. The Morgan fingerprint density at radius 2 is 2.05 bits per heavy atom. The molecule has 0 saturated heterocycles. The second-order valence-corrected chi connectivity index (χ2v) is 6.61. The Kier molecular flexibility index (Phi) is 5.48. The molecule has 1 N–H and O–H groups in total. The molecule has 0 aliphatic heterocycles. The van der Waals surface area contributed by atoms with Crippen molar-refractivity contribution in [3.05, 3.63) is 58.6 Å². The van der Waals surface area contributed by atoms with Crippen molar-refractivity contribution in [1.29, 1.82) is 5.26 Å². The summed E-state index contributed by atoms with van der Waals surface area (Å²) in [6.45, 7) is 3.88. The van der Waals surface area contributed by atoms with E-state index in [0.717, 1.165) is 10.5 Å². The molecule has 0 fully saturated rings. The summed E-state index contributed by atoms with van der Waals surface area (Å²) in [5.74, 6) is -0.103. The Morgan fingerprint density at radius 1 is 1.32 bits per heavy atom. The number of aryl methyl sites for hydroxylation is 1. The second kappa shape index (κ2) is 7.35. The van der Waals surface area contributed by atoms with Crippen molar-refractivity contribution in [3.63, 3.8) is 0 Å². The van der Waals surface area contributed by atoms with Crippen LogP contribution < -0.4 is 5.32 Å². The maximum Gasteiger partial charge on any atom is 0.237 e. The first kappa shape index (κ1) is 16.4. The van der Waals surface area contributed by atoms with E-state index >= 15 is 0 Å². The zero-order chi connectivity index (χ0) is 16.1. The second-order valence-electron chi connectivity index (χ2n) is 4.82. The summed E-state index contributed by atoms with van der Waals surface area (Å²) in [5.41, 5.74) is 2.13. The number of nitriles is 1. The predicted molar refractivity (Wildman–Crippen MR) is 91.3 cm³/mol. The van der Waals surface area contributed by atoms with Gasteiger partial charge in [-0.3, -0.25) is 4.79 Å². The van der Waals surface area contributed by atoms with Gasteiger partial charge in [-0.1, -0.05) is 29.8 Å². The van der Waals surface area contributed by atoms with Crippen LogP contribution in [0.4, 0.5) is 5.69 Å². The van der Waals surface area contributed by atoms with E-state index in [9.17, 15) is 4.79 Å². The zero-order valence-electron chi connectivity index (χ0n) is 12.3. The maximum absolute atomic E-state index is 12.3. The van der Waals surface area contributed by atoms with Crippen LogP contribution in [-0.4, -0.2) is 11.2 Å². The molecule has 1 atom stereocenters. The third-order valence-corrected chi connectivity index (χ3v) is 4.72. The fourth-order valence-electron chi connectivity index (χ4n) is 1.86. The molecule has 0 aliphatic rings. The number of halogens is 1. The fraction of sp³-hybridized carbons (Fsp3) is 0.176. The Bertz CT molecular complexity index is 740. The average molecular weight is 331 g/mol. The number of hydrogen-bond acceptors (Lipinski definition) is 3. The van der Waals surface area contributed by atoms with E-state index in [0.29, 0.717) is 16.3 Å². The van der Waals surface area contributed by atoms with Crippen LogP contribution in [0.1, 0.15) is 18.1 Å². The number of carbonyl (C=O) groups is 1. The number of hydrogen-bond donors (Lipinski definition) is 1. The number of amides is 1. The summed E-state index contributed by atoms with van der Waals surface area (Å²) in [6.07, 6.45) is 0. The van der Waals surface area contributed by atoms with Gasteiger partial charge >= 0.3 is 0 Å². The molecule has 2 rings (SSSR count). The average Bonchev–Trinajstić information content (AvgIpc) is 2.49. The van der Waals surface area contributed by atoms with E-state index < -0.39 is 0 Å². The van der Waals surface area contributed by atoms with Crippen molar-refractivity contribution in [1.82, 2.24) is 0 Å². The minimum Gasteiger partial charge on any atom is -0.325 e. The standard InChI is InChI=1S/C17H15ClN2OS/c1-11-5-3-4-6-16(11)22-12(2)17(21)20-14-8-7-13(10-19)15(18)9-14/h3-9,12H,1-2H3,(H,20,21). The SMILES string of the molecule is Cc1ccccc1SC(C)C(=O)Nc1ccc(C#N)c(Cl)c1. The van der Waals surface area contributed by atoms with E-state index in [4.69, 9.17) is 16.9 Å². The molecule has 2 aromatic rings. The molecular weight excluding hydrogens is 316 g/mol. The van der Waals surface area contributed by atoms with Crippen molar-refractivity contribution in [3.8, 4) is 6.07 Å². The number of anilines is 1. The Morgan fingerprint density at radius 3 is 2.68 bits per heavy atom. The normalized spacial score (nSPS) is 11.5. The minimum atomic E-state index is -0.240. The van der Waals surface area contributed by atoms with E-state index in [1.165, 1.54) is 11.8 Å². The van der Waals surface area contributed by atoms with E-state index in [2.05, 4.69) is 5.32 Å². The molecule has 0 bridgehead atoms. The van der Waals surface area contributed by atoms with E-state index in [1.54, 1.807) is 18.2 Å². The van der Waals surface area contributed by atoms with Gasteiger partial charge in [-0.05, 0) is 43.7 Å². The Labute approximate surface area is 139 Å². The van der Waals surface area contributed by atoms with Crippen LogP contribution in [-0.2, 0) is 4.79 Å². The van der Waals surface area contributed by atoms with Crippen LogP contribution in [0.5, 0.6) is 0 Å². The maximum atomic E-state index is 12.3. The predicted octanol–water partition coefficient (Wildman–Crippen LogP) is 4.64. The molecule has 2 aromatic carbocycles. The third kappa shape index (κ3) is 4.03. The molecular formula is C17H15ClN2OS. The molecule has 0 heterocycles. The van der Waals surface area contributed by atoms with Gasteiger partial charge in [0.15, 0.2) is 0 Å². The lowest BCUT2D eigenvalue weighted by Gasteiger charge is -2.13. The van der Waals surface area contributed by atoms with Gasteiger partial charge in [0.05, 0.1) is 15.8 Å². The first-order chi connectivity index (χ1) is 10.5. The Balaban J connectivity index is 2.04. The highest BCUT2D eigenvalue weighted by molar-refractivity contribution is 8.00. The van der Waals surface area contributed by atoms with Crippen LogP contribution in [0, 0.1) is 18.3 Å². The van der Waals surface area contributed by atoms with Gasteiger partial charge in [0.2, 0.25) is 5.91 Å². The minimum absolute atomic E-state index is 0.103. The highest BCUT2D eigenvalue weighted by Crippen LogP contribution is 2.27. The number of benzene rings is 2. The van der Waals surface area contributed by atoms with Crippen LogP contribution in [0.2, 0.25) is 5.02 Å². The quantitative estimate of drug-likeness (QED) is 0.831. The summed E-state index contributed by atoms with van der Waals surface area (Å²) in [4.78, 5) is 13.3. The number of rotatable bonds is 4. The lowest BCUT2D eigenvalue weighted by atomic mass is 10.2. The molecule has 0 aromatic heterocycles. The highest BCUT2D eigenvalue weighted by atomic mass is 35.5. The summed E-state index contributed by atoms with van der Waals surface area (Å²) < 4.78 is 0. The zero-order valence-corrected chi connectivity index (χ0v) is 13.8. The van der Waals surface area contributed by atoms with Gasteiger partial charge in [-0.15, -0.1) is 11.8 Å². The van der Waals surface area contributed by atoms with Crippen molar-refractivity contribution in [2.45, 2.75) is 24.0 Å². The molecule has 0 spiro atoms. The van der Waals surface area contributed by atoms with E-state index in [-0.39, 0.29) is 11.2 Å².